The molecule has 0 bridgehead atoms. The molecule has 1 aromatic carbocycles. The molecule has 1 fully saturated rings. The number of aromatic nitrogens is 3. The molecule has 0 aliphatic carbocycles. The molecule has 0 atom stereocenters. The molecule has 0 radical (unpaired) electrons. The van der Waals surface area contributed by atoms with E-state index in [0.717, 1.165) is 55.2 Å². The molecular formula is C19H22ClN5. The summed E-state index contributed by atoms with van der Waals surface area (Å²) in [7, 11) is 0. The van der Waals surface area contributed by atoms with Gasteiger partial charge in [0.25, 0.3) is 0 Å². The van der Waals surface area contributed by atoms with Gasteiger partial charge in [-0.25, -0.2) is 9.50 Å². The van der Waals surface area contributed by atoms with Gasteiger partial charge in [-0.2, -0.15) is 5.10 Å². The molecule has 2 aromatic heterocycles. The van der Waals surface area contributed by atoms with Gasteiger partial charge in [-0.15, -0.1) is 0 Å². The van der Waals surface area contributed by atoms with Crippen molar-refractivity contribution < 1.29 is 0 Å². The lowest BCUT2D eigenvalue weighted by Crippen LogP contribution is -2.46. The van der Waals surface area contributed by atoms with Gasteiger partial charge in [0.05, 0.1) is 11.9 Å². The summed E-state index contributed by atoms with van der Waals surface area (Å²) in [5, 5.41) is 4.83. The van der Waals surface area contributed by atoms with Crippen molar-refractivity contribution >= 4 is 22.9 Å². The van der Waals surface area contributed by atoms with E-state index in [-0.39, 0.29) is 0 Å². The highest BCUT2D eigenvalue weighted by Crippen LogP contribution is 2.26. The van der Waals surface area contributed by atoms with Gasteiger partial charge in [-0.1, -0.05) is 30.7 Å². The monoisotopic (exact) mass is 355 g/mol. The quantitative estimate of drug-likeness (QED) is 0.674. The predicted octanol–water partition coefficient (Wildman–Crippen LogP) is 3.50. The molecular weight excluding hydrogens is 334 g/mol. The zero-order chi connectivity index (χ0) is 17.4. The average molecular weight is 356 g/mol. The van der Waals surface area contributed by atoms with Crippen molar-refractivity contribution in [3.63, 3.8) is 0 Å². The Balaban J connectivity index is 1.59. The molecule has 0 N–H and O–H groups in total. The van der Waals surface area contributed by atoms with Crippen molar-refractivity contribution in [2.24, 2.45) is 0 Å². The third-order valence-corrected chi connectivity index (χ3v) is 5.22. The van der Waals surface area contributed by atoms with Gasteiger partial charge >= 0.3 is 0 Å². The van der Waals surface area contributed by atoms with Crippen LogP contribution in [0.25, 0.3) is 16.9 Å². The third-order valence-electron chi connectivity index (χ3n) is 4.95. The van der Waals surface area contributed by atoms with Gasteiger partial charge in [0, 0.05) is 49.1 Å². The Labute approximate surface area is 152 Å². The second-order valence-corrected chi connectivity index (χ2v) is 6.88. The van der Waals surface area contributed by atoms with Crippen LogP contribution in [0.15, 0.2) is 36.5 Å². The van der Waals surface area contributed by atoms with E-state index in [1.54, 1.807) is 10.7 Å². The summed E-state index contributed by atoms with van der Waals surface area (Å²) in [6.45, 7) is 9.78. The van der Waals surface area contributed by atoms with E-state index >= 15 is 0 Å². The maximum Gasteiger partial charge on any atom is 0.160 e. The number of benzene rings is 1. The van der Waals surface area contributed by atoms with Crippen molar-refractivity contribution in [1.82, 2.24) is 19.5 Å². The number of aryl methyl sites for hydroxylation is 1. The largest absolute Gasteiger partial charge is 0.369 e. The second-order valence-electron chi connectivity index (χ2n) is 6.50. The molecule has 0 amide bonds. The van der Waals surface area contributed by atoms with Crippen LogP contribution >= 0.6 is 11.6 Å². The van der Waals surface area contributed by atoms with Crippen molar-refractivity contribution in [2.45, 2.75) is 13.8 Å². The minimum Gasteiger partial charge on any atom is -0.369 e. The van der Waals surface area contributed by atoms with Gasteiger partial charge in [0.1, 0.15) is 5.15 Å². The molecule has 1 aliphatic heterocycles. The van der Waals surface area contributed by atoms with Crippen LogP contribution in [0.1, 0.15) is 12.5 Å². The SMILES string of the molecule is CCN1CCN(c2ccc(-c3cc(Cl)n4ncc(C)c4n3)cc2)CC1. The van der Waals surface area contributed by atoms with E-state index in [9.17, 15) is 0 Å². The van der Waals surface area contributed by atoms with Crippen LogP contribution in [-0.2, 0) is 0 Å². The zero-order valence-corrected chi connectivity index (χ0v) is 15.4. The highest BCUT2D eigenvalue weighted by atomic mass is 35.5. The number of hydrogen-bond acceptors (Lipinski definition) is 4. The first-order valence-corrected chi connectivity index (χ1v) is 9.12. The van der Waals surface area contributed by atoms with E-state index < -0.39 is 0 Å². The van der Waals surface area contributed by atoms with Crippen molar-refractivity contribution in [3.8, 4) is 11.3 Å². The molecule has 6 heteroatoms. The van der Waals surface area contributed by atoms with Crippen LogP contribution in [-0.4, -0.2) is 52.2 Å². The van der Waals surface area contributed by atoms with E-state index in [1.165, 1.54) is 5.69 Å². The number of piperazine rings is 1. The molecule has 25 heavy (non-hydrogen) atoms. The Morgan fingerprint density at radius 2 is 1.80 bits per heavy atom. The van der Waals surface area contributed by atoms with E-state index in [1.807, 2.05) is 13.0 Å². The Bertz CT molecular complexity index is 879. The van der Waals surface area contributed by atoms with Crippen LogP contribution in [0, 0.1) is 6.92 Å². The molecule has 0 spiro atoms. The Morgan fingerprint density at radius 1 is 1.08 bits per heavy atom. The van der Waals surface area contributed by atoms with Gasteiger partial charge in [-0.3, -0.25) is 0 Å². The minimum absolute atomic E-state index is 0.577. The third kappa shape index (κ3) is 3.10. The number of hydrogen-bond donors (Lipinski definition) is 0. The van der Waals surface area contributed by atoms with Crippen LogP contribution in [0.2, 0.25) is 5.15 Å². The fraction of sp³-hybridized carbons (Fsp3) is 0.368. The molecule has 3 heterocycles. The summed E-state index contributed by atoms with van der Waals surface area (Å²) < 4.78 is 1.67. The van der Waals surface area contributed by atoms with Crippen molar-refractivity contribution in [2.75, 3.05) is 37.6 Å². The average Bonchev–Trinajstić information content (AvgIpc) is 3.04. The molecule has 1 saturated heterocycles. The number of halogens is 1. The highest BCUT2D eigenvalue weighted by Gasteiger charge is 2.16. The number of rotatable bonds is 3. The van der Waals surface area contributed by atoms with Gasteiger partial charge in [-0.05, 0) is 25.6 Å². The first-order valence-electron chi connectivity index (χ1n) is 8.74. The zero-order valence-electron chi connectivity index (χ0n) is 14.6. The molecule has 5 nitrogen and oxygen atoms in total. The molecule has 0 saturated carbocycles. The molecule has 3 aromatic rings. The minimum atomic E-state index is 0.577. The summed E-state index contributed by atoms with van der Waals surface area (Å²) >= 11 is 6.35. The molecule has 1 aliphatic rings. The lowest BCUT2D eigenvalue weighted by atomic mass is 10.1. The maximum absolute atomic E-state index is 6.35. The van der Waals surface area contributed by atoms with E-state index in [2.05, 4.69) is 46.1 Å². The summed E-state index contributed by atoms with van der Waals surface area (Å²) in [5.74, 6) is 0. The van der Waals surface area contributed by atoms with E-state index in [4.69, 9.17) is 16.6 Å². The molecule has 130 valence electrons. The van der Waals surface area contributed by atoms with Crippen LogP contribution in [0.3, 0.4) is 0 Å². The lowest BCUT2D eigenvalue weighted by molar-refractivity contribution is 0.271. The summed E-state index contributed by atoms with van der Waals surface area (Å²) in [5.41, 5.74) is 5.05. The van der Waals surface area contributed by atoms with Gasteiger partial charge < -0.3 is 9.80 Å². The topological polar surface area (TPSA) is 36.7 Å². The molecule has 0 unspecified atom stereocenters. The van der Waals surface area contributed by atoms with Crippen molar-refractivity contribution in [1.29, 1.82) is 0 Å². The Hall–Kier alpha value is -2.11. The summed E-state index contributed by atoms with van der Waals surface area (Å²) in [6, 6.07) is 10.5. The number of fused-ring (bicyclic) bond motifs is 1. The predicted molar refractivity (Wildman–Crippen MR) is 102 cm³/mol. The second kappa shape index (κ2) is 6.65. The fourth-order valence-electron chi connectivity index (χ4n) is 3.35. The smallest absolute Gasteiger partial charge is 0.160 e. The highest BCUT2D eigenvalue weighted by molar-refractivity contribution is 6.30. The van der Waals surface area contributed by atoms with Gasteiger partial charge in [0.2, 0.25) is 0 Å². The van der Waals surface area contributed by atoms with Crippen LogP contribution in [0.4, 0.5) is 5.69 Å². The number of anilines is 1. The van der Waals surface area contributed by atoms with Crippen LogP contribution in [0.5, 0.6) is 0 Å². The van der Waals surface area contributed by atoms with Gasteiger partial charge in [0.15, 0.2) is 5.65 Å². The summed E-state index contributed by atoms with van der Waals surface area (Å²) in [4.78, 5) is 9.66. The fourth-order valence-corrected chi connectivity index (χ4v) is 3.58. The van der Waals surface area contributed by atoms with E-state index in [0.29, 0.717) is 5.15 Å². The first kappa shape index (κ1) is 16.4. The lowest BCUT2D eigenvalue weighted by Gasteiger charge is -2.35. The Kier molecular flexibility index (Phi) is 4.36. The maximum atomic E-state index is 6.35. The van der Waals surface area contributed by atoms with Crippen molar-refractivity contribution in [3.05, 3.63) is 47.2 Å². The number of likely N-dealkylation sites (N-methyl/N-ethyl adjacent to an activating group) is 1. The summed E-state index contributed by atoms with van der Waals surface area (Å²) in [6.07, 6.45) is 1.79. The number of nitrogens with zero attached hydrogens (tertiary/aromatic N) is 5. The standard InChI is InChI=1S/C19H22ClN5/c1-3-23-8-10-24(11-9-23)16-6-4-15(5-7-16)17-12-18(20)25-19(22-17)14(2)13-21-25/h4-7,12-13H,3,8-11H2,1-2H3. The molecule has 4 rings (SSSR count). The van der Waals surface area contributed by atoms with Crippen LogP contribution < -0.4 is 4.90 Å². The Morgan fingerprint density at radius 3 is 2.48 bits per heavy atom. The first-order chi connectivity index (χ1) is 12.2. The normalized spacial score (nSPS) is 15.9.